The quantitative estimate of drug-likeness (QED) is 0.684. The van der Waals surface area contributed by atoms with Gasteiger partial charge in [0.05, 0.1) is 0 Å². The third-order valence-electron chi connectivity index (χ3n) is 1.77. The topological polar surface area (TPSA) is 0 Å². The molecule has 2 rings (SSSR count). The van der Waals surface area contributed by atoms with Crippen LogP contribution in [0, 0.1) is 0 Å². The van der Waals surface area contributed by atoms with Gasteiger partial charge >= 0.3 is 78.9 Å². The normalized spacial score (nSPS) is 13.8. The average molecular weight is 221 g/mol. The fourth-order valence-corrected chi connectivity index (χ4v) is 2.85. The van der Waals surface area contributed by atoms with Crippen LogP contribution in [-0.4, -0.2) is 15.0 Å². The molecule has 0 saturated heterocycles. The molecule has 60 valence electrons. The van der Waals surface area contributed by atoms with Gasteiger partial charge in [0.1, 0.15) is 0 Å². The molecule has 1 aliphatic rings. The van der Waals surface area contributed by atoms with Gasteiger partial charge in [0.15, 0.2) is 0 Å². The molecule has 0 unspecified atom stereocenters. The molecule has 0 nitrogen and oxygen atoms in total. The zero-order valence-electron chi connectivity index (χ0n) is 6.73. The standard InChI is InChI=1S/C11H10Se/c1-2-7-11(8-3-1)12-9-10-5-4-6-10/h1-8H,9H2. The molecule has 0 spiro atoms. The van der Waals surface area contributed by atoms with Crippen molar-refractivity contribution in [3.05, 3.63) is 54.1 Å². The Hall–Kier alpha value is -0.781. The minimum absolute atomic E-state index is 0.623. The van der Waals surface area contributed by atoms with Crippen LogP contribution in [0.25, 0.3) is 0 Å². The average Bonchev–Trinajstić information content (AvgIpc) is 2.04. The van der Waals surface area contributed by atoms with Gasteiger partial charge in [0.2, 0.25) is 0 Å². The van der Waals surface area contributed by atoms with E-state index in [0.29, 0.717) is 15.0 Å². The second-order valence-electron chi connectivity index (χ2n) is 2.70. The van der Waals surface area contributed by atoms with Gasteiger partial charge in [-0.3, -0.25) is 0 Å². The molecular formula is C11H10Se. The zero-order valence-corrected chi connectivity index (χ0v) is 8.45. The van der Waals surface area contributed by atoms with E-state index in [2.05, 4.69) is 48.6 Å². The van der Waals surface area contributed by atoms with E-state index in [1.165, 1.54) is 15.4 Å². The first-order valence-corrected chi connectivity index (χ1v) is 6.07. The van der Waals surface area contributed by atoms with Crippen LogP contribution in [-0.2, 0) is 0 Å². The minimum atomic E-state index is 0.623. The van der Waals surface area contributed by atoms with Crippen molar-refractivity contribution in [3.63, 3.8) is 0 Å². The Balaban J connectivity index is 1.88. The molecule has 0 heterocycles. The fourth-order valence-electron chi connectivity index (χ4n) is 1.01. The molecule has 0 atom stereocenters. The third-order valence-corrected chi connectivity index (χ3v) is 4.04. The molecule has 1 aromatic carbocycles. The van der Waals surface area contributed by atoms with Crippen molar-refractivity contribution in [2.24, 2.45) is 0 Å². The van der Waals surface area contributed by atoms with E-state index in [9.17, 15) is 0 Å². The molecule has 0 bridgehead atoms. The van der Waals surface area contributed by atoms with Gasteiger partial charge in [0, 0.05) is 0 Å². The molecule has 0 N–H and O–H groups in total. The van der Waals surface area contributed by atoms with Gasteiger partial charge in [-0.1, -0.05) is 0 Å². The summed E-state index contributed by atoms with van der Waals surface area (Å²) in [5.41, 5.74) is 1.50. The van der Waals surface area contributed by atoms with Crippen LogP contribution in [0.2, 0.25) is 5.32 Å². The first-order valence-electron chi connectivity index (χ1n) is 4.00. The van der Waals surface area contributed by atoms with E-state index in [1.54, 1.807) is 0 Å². The summed E-state index contributed by atoms with van der Waals surface area (Å²) in [6.07, 6.45) is 6.51. The number of hydrogen-bond acceptors (Lipinski definition) is 0. The van der Waals surface area contributed by atoms with Gasteiger partial charge in [0.25, 0.3) is 0 Å². The van der Waals surface area contributed by atoms with Crippen LogP contribution in [0.3, 0.4) is 0 Å². The molecule has 0 radical (unpaired) electrons. The van der Waals surface area contributed by atoms with Crippen molar-refractivity contribution in [3.8, 4) is 0 Å². The summed E-state index contributed by atoms with van der Waals surface area (Å²) >= 11 is 0.623. The predicted molar refractivity (Wildman–Crippen MR) is 53.9 cm³/mol. The summed E-state index contributed by atoms with van der Waals surface area (Å²) in [5.74, 6) is 0. The van der Waals surface area contributed by atoms with Crippen molar-refractivity contribution < 1.29 is 0 Å². The van der Waals surface area contributed by atoms with E-state index >= 15 is 0 Å². The molecular weight excluding hydrogens is 211 g/mol. The number of rotatable bonds is 3. The monoisotopic (exact) mass is 222 g/mol. The fraction of sp³-hybridized carbons (Fsp3) is 0.0909. The third kappa shape index (κ3) is 1.88. The Bertz CT molecular complexity index is 309. The molecule has 0 amide bonds. The van der Waals surface area contributed by atoms with Gasteiger partial charge in [-0.05, 0) is 0 Å². The van der Waals surface area contributed by atoms with E-state index in [-0.39, 0.29) is 0 Å². The van der Waals surface area contributed by atoms with Crippen LogP contribution in [0.1, 0.15) is 0 Å². The second-order valence-corrected chi connectivity index (χ2v) is 4.90. The van der Waals surface area contributed by atoms with E-state index in [0.717, 1.165) is 0 Å². The molecule has 0 saturated carbocycles. The molecule has 0 aromatic heterocycles. The van der Waals surface area contributed by atoms with Crippen molar-refractivity contribution in [1.29, 1.82) is 0 Å². The molecule has 0 aliphatic heterocycles. The van der Waals surface area contributed by atoms with Gasteiger partial charge in [-0.15, -0.1) is 0 Å². The summed E-state index contributed by atoms with van der Waals surface area (Å²) in [7, 11) is 0. The summed E-state index contributed by atoms with van der Waals surface area (Å²) in [6, 6.07) is 10.7. The van der Waals surface area contributed by atoms with Gasteiger partial charge in [-0.25, -0.2) is 0 Å². The zero-order chi connectivity index (χ0) is 8.23. The maximum atomic E-state index is 2.21. The van der Waals surface area contributed by atoms with E-state index < -0.39 is 0 Å². The van der Waals surface area contributed by atoms with Gasteiger partial charge < -0.3 is 0 Å². The van der Waals surface area contributed by atoms with E-state index in [4.69, 9.17) is 0 Å². The first kappa shape index (κ1) is 7.85. The second kappa shape index (κ2) is 3.75. The summed E-state index contributed by atoms with van der Waals surface area (Å²) in [6.45, 7) is 0. The number of hydrogen-bond donors (Lipinski definition) is 0. The first-order chi connectivity index (χ1) is 5.95. The molecule has 1 aliphatic carbocycles. The summed E-state index contributed by atoms with van der Waals surface area (Å²) in [5, 5.41) is 1.24. The Labute approximate surface area is 79.2 Å². The van der Waals surface area contributed by atoms with Crippen molar-refractivity contribution in [1.82, 2.24) is 0 Å². The Morgan fingerprint density at radius 3 is 2.42 bits per heavy atom. The maximum absolute atomic E-state index is 2.21. The molecule has 1 heteroatoms. The van der Waals surface area contributed by atoms with Crippen molar-refractivity contribution >= 4 is 19.4 Å². The van der Waals surface area contributed by atoms with Crippen LogP contribution in [0.4, 0.5) is 0 Å². The van der Waals surface area contributed by atoms with Gasteiger partial charge in [-0.2, -0.15) is 0 Å². The van der Waals surface area contributed by atoms with Crippen LogP contribution in [0.15, 0.2) is 54.1 Å². The SMILES string of the molecule is C1=CC(C[Se]c2ccccc2)=C1. The van der Waals surface area contributed by atoms with E-state index in [1.807, 2.05) is 0 Å². The van der Waals surface area contributed by atoms with Crippen molar-refractivity contribution in [2.75, 3.05) is 0 Å². The molecule has 1 aromatic rings. The number of allylic oxidation sites excluding steroid dienone is 4. The predicted octanol–water partition coefficient (Wildman–Crippen LogP) is 1.93. The molecule has 0 fully saturated rings. The number of benzene rings is 1. The van der Waals surface area contributed by atoms with Crippen LogP contribution in [0.5, 0.6) is 0 Å². The Morgan fingerprint density at radius 1 is 1.08 bits per heavy atom. The Kier molecular flexibility index (Phi) is 2.45. The molecule has 12 heavy (non-hydrogen) atoms. The summed E-state index contributed by atoms with van der Waals surface area (Å²) in [4.78, 5) is 0. The van der Waals surface area contributed by atoms with Crippen LogP contribution < -0.4 is 4.46 Å². The Morgan fingerprint density at radius 2 is 1.83 bits per heavy atom. The van der Waals surface area contributed by atoms with Crippen molar-refractivity contribution in [2.45, 2.75) is 5.32 Å². The summed E-state index contributed by atoms with van der Waals surface area (Å²) < 4.78 is 1.49. The van der Waals surface area contributed by atoms with Crippen LogP contribution >= 0.6 is 0 Å².